The molecule has 4 nitrogen and oxygen atoms in total. The van der Waals surface area contributed by atoms with Gasteiger partial charge in [0.05, 0.1) is 11.9 Å². The summed E-state index contributed by atoms with van der Waals surface area (Å²) >= 11 is 0. The van der Waals surface area contributed by atoms with Crippen LogP contribution in [0.4, 0.5) is 11.5 Å². The SMILES string of the molecule is CC1CCN(c2ncncc2N)C(C)C1. The molecule has 82 valence electrons. The van der Waals surface area contributed by atoms with Gasteiger partial charge < -0.3 is 10.6 Å². The number of aromatic nitrogens is 2. The number of nitrogens with two attached hydrogens (primary N) is 1. The van der Waals surface area contributed by atoms with Gasteiger partial charge in [-0.1, -0.05) is 6.92 Å². The second-order valence-electron chi connectivity index (χ2n) is 4.47. The Morgan fingerprint density at radius 1 is 1.47 bits per heavy atom. The van der Waals surface area contributed by atoms with Crippen LogP contribution in [-0.2, 0) is 0 Å². The van der Waals surface area contributed by atoms with E-state index in [2.05, 4.69) is 28.7 Å². The fourth-order valence-electron chi connectivity index (χ4n) is 2.30. The van der Waals surface area contributed by atoms with Crippen molar-refractivity contribution in [2.24, 2.45) is 5.92 Å². The summed E-state index contributed by atoms with van der Waals surface area (Å²) in [6.07, 6.45) is 5.67. The van der Waals surface area contributed by atoms with E-state index in [1.54, 1.807) is 12.5 Å². The van der Waals surface area contributed by atoms with E-state index in [0.717, 1.165) is 18.3 Å². The molecule has 0 radical (unpaired) electrons. The van der Waals surface area contributed by atoms with Gasteiger partial charge in [0.15, 0.2) is 5.82 Å². The van der Waals surface area contributed by atoms with Crippen LogP contribution in [0.25, 0.3) is 0 Å². The maximum Gasteiger partial charge on any atom is 0.155 e. The molecule has 0 spiro atoms. The van der Waals surface area contributed by atoms with Crippen LogP contribution >= 0.6 is 0 Å². The molecule has 2 N–H and O–H groups in total. The molecule has 0 aromatic carbocycles. The first-order valence-electron chi connectivity index (χ1n) is 5.50. The monoisotopic (exact) mass is 206 g/mol. The molecule has 1 fully saturated rings. The van der Waals surface area contributed by atoms with Crippen molar-refractivity contribution in [2.75, 3.05) is 17.2 Å². The maximum atomic E-state index is 5.88. The van der Waals surface area contributed by atoms with E-state index in [-0.39, 0.29) is 0 Å². The van der Waals surface area contributed by atoms with Crippen molar-refractivity contribution in [2.45, 2.75) is 32.7 Å². The molecule has 15 heavy (non-hydrogen) atoms. The van der Waals surface area contributed by atoms with Crippen molar-refractivity contribution in [3.05, 3.63) is 12.5 Å². The quantitative estimate of drug-likeness (QED) is 0.759. The van der Waals surface area contributed by atoms with E-state index in [1.165, 1.54) is 12.8 Å². The Morgan fingerprint density at radius 2 is 2.27 bits per heavy atom. The highest BCUT2D eigenvalue weighted by Crippen LogP contribution is 2.28. The molecule has 0 aliphatic carbocycles. The summed E-state index contributed by atoms with van der Waals surface area (Å²) < 4.78 is 0. The summed E-state index contributed by atoms with van der Waals surface area (Å²) in [4.78, 5) is 10.5. The number of nitrogen functional groups attached to an aromatic ring is 1. The second-order valence-corrected chi connectivity index (χ2v) is 4.47. The van der Waals surface area contributed by atoms with E-state index < -0.39 is 0 Å². The van der Waals surface area contributed by atoms with Crippen molar-refractivity contribution in [3.63, 3.8) is 0 Å². The predicted octanol–water partition coefficient (Wildman–Crippen LogP) is 1.68. The normalized spacial score (nSPS) is 26.7. The molecule has 2 unspecified atom stereocenters. The lowest BCUT2D eigenvalue weighted by Gasteiger charge is -2.37. The van der Waals surface area contributed by atoms with Crippen molar-refractivity contribution < 1.29 is 0 Å². The molecule has 1 aromatic heterocycles. The van der Waals surface area contributed by atoms with Gasteiger partial charge >= 0.3 is 0 Å². The van der Waals surface area contributed by atoms with Gasteiger partial charge in [-0.3, -0.25) is 0 Å². The topological polar surface area (TPSA) is 55.0 Å². The number of piperidine rings is 1. The molecule has 2 atom stereocenters. The summed E-state index contributed by atoms with van der Waals surface area (Å²) in [5, 5.41) is 0. The van der Waals surface area contributed by atoms with Crippen LogP contribution in [-0.4, -0.2) is 22.6 Å². The third-order valence-electron chi connectivity index (χ3n) is 3.13. The van der Waals surface area contributed by atoms with Gasteiger partial charge in [-0.15, -0.1) is 0 Å². The van der Waals surface area contributed by atoms with E-state index in [4.69, 9.17) is 5.73 Å². The van der Waals surface area contributed by atoms with Crippen LogP contribution in [0.2, 0.25) is 0 Å². The van der Waals surface area contributed by atoms with Crippen LogP contribution in [0, 0.1) is 5.92 Å². The molecule has 0 bridgehead atoms. The maximum absolute atomic E-state index is 5.88. The number of nitrogens with zero attached hydrogens (tertiary/aromatic N) is 3. The van der Waals surface area contributed by atoms with E-state index in [9.17, 15) is 0 Å². The lowest BCUT2D eigenvalue weighted by atomic mass is 9.93. The van der Waals surface area contributed by atoms with Crippen LogP contribution in [0.1, 0.15) is 26.7 Å². The second kappa shape index (κ2) is 4.04. The first-order chi connectivity index (χ1) is 7.18. The van der Waals surface area contributed by atoms with Gasteiger partial charge in [-0.25, -0.2) is 9.97 Å². The molecule has 1 aromatic rings. The van der Waals surface area contributed by atoms with Gasteiger partial charge in [0, 0.05) is 12.6 Å². The molecule has 4 heteroatoms. The highest BCUT2D eigenvalue weighted by Gasteiger charge is 2.24. The molecule has 2 heterocycles. The number of anilines is 2. The molecular formula is C11H18N4. The Bertz CT molecular complexity index is 339. The van der Waals surface area contributed by atoms with E-state index in [1.807, 2.05) is 0 Å². The van der Waals surface area contributed by atoms with Gasteiger partial charge in [0.25, 0.3) is 0 Å². The van der Waals surface area contributed by atoms with Gasteiger partial charge in [0.2, 0.25) is 0 Å². The largest absolute Gasteiger partial charge is 0.394 e. The lowest BCUT2D eigenvalue weighted by Crippen LogP contribution is -2.41. The Hall–Kier alpha value is -1.32. The summed E-state index contributed by atoms with van der Waals surface area (Å²) in [6, 6.07) is 0.519. The molecule has 0 amide bonds. The van der Waals surface area contributed by atoms with Crippen LogP contribution in [0.3, 0.4) is 0 Å². The highest BCUT2D eigenvalue weighted by atomic mass is 15.2. The molecule has 0 saturated carbocycles. The average molecular weight is 206 g/mol. The number of hydrogen-bond acceptors (Lipinski definition) is 4. The molecule has 1 aliphatic rings. The van der Waals surface area contributed by atoms with Gasteiger partial charge in [-0.05, 0) is 25.7 Å². The Kier molecular flexibility index (Phi) is 2.75. The van der Waals surface area contributed by atoms with Crippen molar-refractivity contribution in [1.82, 2.24) is 9.97 Å². The van der Waals surface area contributed by atoms with E-state index >= 15 is 0 Å². The highest BCUT2D eigenvalue weighted by molar-refractivity contribution is 5.61. The van der Waals surface area contributed by atoms with Crippen LogP contribution in [0.15, 0.2) is 12.5 Å². The van der Waals surface area contributed by atoms with Gasteiger partial charge in [0.1, 0.15) is 6.33 Å². The van der Waals surface area contributed by atoms with Crippen LogP contribution < -0.4 is 10.6 Å². The fraction of sp³-hybridized carbons (Fsp3) is 0.636. The lowest BCUT2D eigenvalue weighted by molar-refractivity contribution is 0.376. The number of rotatable bonds is 1. The van der Waals surface area contributed by atoms with Crippen molar-refractivity contribution >= 4 is 11.5 Å². The first-order valence-corrected chi connectivity index (χ1v) is 5.50. The Balaban J connectivity index is 2.20. The molecule has 1 saturated heterocycles. The average Bonchev–Trinajstić information content (AvgIpc) is 2.20. The van der Waals surface area contributed by atoms with Gasteiger partial charge in [-0.2, -0.15) is 0 Å². The fourth-order valence-corrected chi connectivity index (χ4v) is 2.30. The number of hydrogen-bond donors (Lipinski definition) is 1. The third-order valence-corrected chi connectivity index (χ3v) is 3.13. The van der Waals surface area contributed by atoms with Crippen LogP contribution in [0.5, 0.6) is 0 Å². The zero-order valence-corrected chi connectivity index (χ0v) is 9.35. The molecular weight excluding hydrogens is 188 g/mol. The van der Waals surface area contributed by atoms with Crippen molar-refractivity contribution in [3.8, 4) is 0 Å². The summed E-state index contributed by atoms with van der Waals surface area (Å²) in [7, 11) is 0. The molecule has 1 aliphatic heterocycles. The zero-order chi connectivity index (χ0) is 10.8. The third kappa shape index (κ3) is 2.03. The predicted molar refractivity (Wildman–Crippen MR) is 61.7 cm³/mol. The first kappa shape index (κ1) is 10.2. The summed E-state index contributed by atoms with van der Waals surface area (Å²) in [6.45, 7) is 5.58. The van der Waals surface area contributed by atoms with E-state index in [0.29, 0.717) is 11.7 Å². The minimum absolute atomic E-state index is 0.519. The minimum Gasteiger partial charge on any atom is -0.394 e. The summed E-state index contributed by atoms with van der Waals surface area (Å²) in [5.41, 5.74) is 6.56. The minimum atomic E-state index is 0.519. The Labute approximate surface area is 90.5 Å². The Morgan fingerprint density at radius 3 is 2.93 bits per heavy atom. The summed E-state index contributed by atoms with van der Waals surface area (Å²) in [5.74, 6) is 1.70. The van der Waals surface area contributed by atoms with Crippen molar-refractivity contribution in [1.29, 1.82) is 0 Å². The zero-order valence-electron chi connectivity index (χ0n) is 9.35. The standard InChI is InChI=1S/C11H18N4/c1-8-3-4-15(9(2)5-8)11-10(12)6-13-7-14-11/h6-9H,3-5,12H2,1-2H3. The molecule has 2 rings (SSSR count). The smallest absolute Gasteiger partial charge is 0.155 e.